The highest BCUT2D eigenvalue weighted by molar-refractivity contribution is 5.46. The summed E-state index contributed by atoms with van der Waals surface area (Å²) >= 11 is 0. The van der Waals surface area contributed by atoms with Crippen LogP contribution >= 0.6 is 0 Å². The van der Waals surface area contributed by atoms with E-state index in [-0.39, 0.29) is 12.1 Å². The average molecular weight is 212 g/mol. The number of hydrogen-bond donors (Lipinski definition) is 2. The second-order valence-corrected chi connectivity index (χ2v) is 3.97. The van der Waals surface area contributed by atoms with Crippen molar-refractivity contribution in [1.29, 1.82) is 0 Å². The van der Waals surface area contributed by atoms with E-state index < -0.39 is 11.6 Å². The van der Waals surface area contributed by atoms with Gasteiger partial charge in [0.05, 0.1) is 5.69 Å². The van der Waals surface area contributed by atoms with Crippen LogP contribution in [0.4, 0.5) is 14.5 Å². The summed E-state index contributed by atoms with van der Waals surface area (Å²) in [6, 6.07) is 3.70. The summed E-state index contributed by atoms with van der Waals surface area (Å²) in [7, 11) is 0. The lowest BCUT2D eigenvalue weighted by atomic mass is 10.1. The smallest absolute Gasteiger partial charge is 0.149 e. The third-order valence-corrected chi connectivity index (χ3v) is 2.84. The maximum absolute atomic E-state index is 13.3. The molecule has 0 amide bonds. The molecule has 0 heterocycles. The number of nitrogens with two attached hydrogens (primary N) is 1. The summed E-state index contributed by atoms with van der Waals surface area (Å²) < 4.78 is 25.9. The highest BCUT2D eigenvalue weighted by Crippen LogP contribution is 2.23. The molecule has 1 aliphatic rings. The van der Waals surface area contributed by atoms with Gasteiger partial charge in [-0.3, -0.25) is 0 Å². The van der Waals surface area contributed by atoms with Crippen LogP contribution in [-0.2, 0) is 0 Å². The maximum Gasteiger partial charge on any atom is 0.149 e. The van der Waals surface area contributed by atoms with Gasteiger partial charge in [0.1, 0.15) is 11.6 Å². The molecule has 2 nitrogen and oxygen atoms in total. The first-order chi connectivity index (χ1) is 7.16. The molecule has 1 fully saturated rings. The Kier molecular flexibility index (Phi) is 2.86. The minimum atomic E-state index is -0.561. The number of benzene rings is 1. The number of anilines is 1. The van der Waals surface area contributed by atoms with Gasteiger partial charge in [0.25, 0.3) is 0 Å². The van der Waals surface area contributed by atoms with Crippen molar-refractivity contribution in [2.24, 2.45) is 5.73 Å². The largest absolute Gasteiger partial charge is 0.378 e. The summed E-state index contributed by atoms with van der Waals surface area (Å²) in [4.78, 5) is 0. The van der Waals surface area contributed by atoms with Crippen molar-refractivity contribution in [3.05, 3.63) is 29.8 Å². The molecule has 0 unspecified atom stereocenters. The molecular formula is C11H14F2N2. The van der Waals surface area contributed by atoms with Gasteiger partial charge in [-0.15, -0.1) is 0 Å². The molecule has 0 aliphatic heterocycles. The van der Waals surface area contributed by atoms with Gasteiger partial charge in [-0.2, -0.15) is 0 Å². The molecule has 1 aliphatic carbocycles. The molecule has 0 radical (unpaired) electrons. The van der Waals surface area contributed by atoms with E-state index in [1.54, 1.807) is 0 Å². The first-order valence-corrected chi connectivity index (χ1v) is 5.14. The van der Waals surface area contributed by atoms with Gasteiger partial charge in [-0.1, -0.05) is 0 Å². The average Bonchev–Trinajstić information content (AvgIpc) is 2.57. The fourth-order valence-electron chi connectivity index (χ4n) is 1.97. The molecule has 0 aromatic heterocycles. The Hall–Kier alpha value is -1.16. The van der Waals surface area contributed by atoms with Crippen LogP contribution in [0.2, 0.25) is 0 Å². The molecule has 82 valence electrons. The van der Waals surface area contributed by atoms with Crippen molar-refractivity contribution in [2.75, 3.05) is 5.32 Å². The van der Waals surface area contributed by atoms with Crippen molar-refractivity contribution < 1.29 is 8.78 Å². The third-order valence-electron chi connectivity index (χ3n) is 2.84. The van der Waals surface area contributed by atoms with Gasteiger partial charge < -0.3 is 11.1 Å². The predicted octanol–water partition coefficient (Wildman–Crippen LogP) is 2.26. The Morgan fingerprint density at radius 1 is 1.27 bits per heavy atom. The van der Waals surface area contributed by atoms with E-state index in [4.69, 9.17) is 5.73 Å². The molecule has 0 spiro atoms. The van der Waals surface area contributed by atoms with Crippen LogP contribution in [0, 0.1) is 11.6 Å². The van der Waals surface area contributed by atoms with Crippen molar-refractivity contribution in [1.82, 2.24) is 0 Å². The van der Waals surface area contributed by atoms with Crippen molar-refractivity contribution in [3.63, 3.8) is 0 Å². The summed E-state index contributed by atoms with van der Waals surface area (Å²) in [5, 5.41) is 3.02. The van der Waals surface area contributed by atoms with Crippen LogP contribution in [0.5, 0.6) is 0 Å². The minimum Gasteiger partial charge on any atom is -0.378 e. The Bertz CT molecular complexity index is 354. The van der Waals surface area contributed by atoms with E-state index in [1.807, 2.05) is 0 Å². The molecule has 15 heavy (non-hydrogen) atoms. The Balaban J connectivity index is 2.10. The molecule has 3 N–H and O–H groups in total. The molecule has 1 aromatic carbocycles. The van der Waals surface area contributed by atoms with Crippen molar-refractivity contribution in [2.45, 2.75) is 31.3 Å². The Labute approximate surface area is 87.5 Å². The molecule has 2 atom stereocenters. The van der Waals surface area contributed by atoms with Gasteiger partial charge in [0, 0.05) is 18.2 Å². The highest BCUT2D eigenvalue weighted by atomic mass is 19.1. The fourth-order valence-corrected chi connectivity index (χ4v) is 1.97. The van der Waals surface area contributed by atoms with Gasteiger partial charge in [0.2, 0.25) is 0 Å². The maximum atomic E-state index is 13.3. The zero-order valence-corrected chi connectivity index (χ0v) is 8.34. The number of hydrogen-bond acceptors (Lipinski definition) is 2. The third kappa shape index (κ3) is 2.26. The first kappa shape index (κ1) is 10.4. The first-order valence-electron chi connectivity index (χ1n) is 5.14. The summed E-state index contributed by atoms with van der Waals surface area (Å²) in [6.45, 7) is 0. The lowest BCUT2D eigenvalue weighted by molar-refractivity contribution is 0.578. The van der Waals surface area contributed by atoms with E-state index in [9.17, 15) is 8.78 Å². The molecule has 1 aromatic rings. The van der Waals surface area contributed by atoms with Crippen LogP contribution < -0.4 is 11.1 Å². The van der Waals surface area contributed by atoms with Crippen molar-refractivity contribution >= 4 is 5.69 Å². The summed E-state index contributed by atoms with van der Waals surface area (Å²) in [5.74, 6) is -1.12. The van der Waals surface area contributed by atoms with E-state index in [0.29, 0.717) is 5.69 Å². The second-order valence-electron chi connectivity index (χ2n) is 3.97. The number of rotatable bonds is 2. The Morgan fingerprint density at radius 2 is 2.07 bits per heavy atom. The fraction of sp³-hybridized carbons (Fsp3) is 0.455. The van der Waals surface area contributed by atoms with E-state index in [1.165, 1.54) is 12.1 Å². The predicted molar refractivity (Wildman–Crippen MR) is 55.6 cm³/mol. The summed E-state index contributed by atoms with van der Waals surface area (Å²) in [5.41, 5.74) is 6.18. The second kappa shape index (κ2) is 4.14. The summed E-state index contributed by atoms with van der Waals surface area (Å²) in [6.07, 6.45) is 2.96. The molecule has 2 rings (SSSR count). The van der Waals surface area contributed by atoms with Crippen LogP contribution in [0.25, 0.3) is 0 Å². The van der Waals surface area contributed by atoms with Gasteiger partial charge in [-0.05, 0) is 31.4 Å². The quantitative estimate of drug-likeness (QED) is 0.789. The lowest BCUT2D eigenvalue weighted by Gasteiger charge is -2.18. The molecule has 0 bridgehead atoms. The normalized spacial score (nSPS) is 25.5. The zero-order chi connectivity index (χ0) is 10.8. The SMILES string of the molecule is N[C@H]1CCC[C@H]1Nc1ccc(F)cc1F. The molecule has 4 heteroatoms. The monoisotopic (exact) mass is 212 g/mol. The highest BCUT2D eigenvalue weighted by Gasteiger charge is 2.24. The van der Waals surface area contributed by atoms with E-state index >= 15 is 0 Å². The Morgan fingerprint density at radius 3 is 2.67 bits per heavy atom. The molecule has 0 saturated heterocycles. The number of nitrogens with one attached hydrogen (secondary N) is 1. The molecular weight excluding hydrogens is 198 g/mol. The minimum absolute atomic E-state index is 0.0643. The van der Waals surface area contributed by atoms with Gasteiger partial charge in [0.15, 0.2) is 0 Å². The van der Waals surface area contributed by atoms with E-state index in [2.05, 4.69) is 5.32 Å². The number of halogens is 2. The van der Waals surface area contributed by atoms with Crippen molar-refractivity contribution in [3.8, 4) is 0 Å². The van der Waals surface area contributed by atoms with Crippen LogP contribution in [-0.4, -0.2) is 12.1 Å². The van der Waals surface area contributed by atoms with Gasteiger partial charge >= 0.3 is 0 Å². The topological polar surface area (TPSA) is 38.0 Å². The zero-order valence-electron chi connectivity index (χ0n) is 8.34. The van der Waals surface area contributed by atoms with E-state index in [0.717, 1.165) is 25.3 Å². The van der Waals surface area contributed by atoms with Crippen LogP contribution in [0.1, 0.15) is 19.3 Å². The van der Waals surface area contributed by atoms with Crippen LogP contribution in [0.15, 0.2) is 18.2 Å². The van der Waals surface area contributed by atoms with Gasteiger partial charge in [-0.25, -0.2) is 8.78 Å². The standard InChI is InChI=1S/C11H14F2N2/c12-7-4-5-10(8(13)6-7)15-11-3-1-2-9(11)14/h4-6,9,11,15H,1-3,14H2/t9-,11+/m0/s1. The molecule has 1 saturated carbocycles. The van der Waals surface area contributed by atoms with Crippen LogP contribution in [0.3, 0.4) is 0 Å². The lowest BCUT2D eigenvalue weighted by Crippen LogP contribution is -2.35.